The molecule has 0 aliphatic heterocycles. The highest BCUT2D eigenvalue weighted by atomic mass is 79.9. The second-order valence-electron chi connectivity index (χ2n) is 4.35. The van der Waals surface area contributed by atoms with Crippen molar-refractivity contribution >= 4 is 15.9 Å². The Bertz CT molecular complexity index is 555. The van der Waals surface area contributed by atoms with Crippen molar-refractivity contribution in [3.05, 3.63) is 52.0 Å². The van der Waals surface area contributed by atoms with E-state index in [0.717, 1.165) is 24.1 Å². The molecule has 2 aromatic rings. The molecule has 1 aromatic carbocycles. The van der Waals surface area contributed by atoms with E-state index in [4.69, 9.17) is 5.84 Å². The first-order valence-corrected chi connectivity index (χ1v) is 6.79. The molecule has 1 aromatic heterocycles. The topological polar surface area (TPSA) is 55.9 Å². The molecule has 0 radical (unpaired) electrons. The summed E-state index contributed by atoms with van der Waals surface area (Å²) in [7, 11) is 1.90. The summed E-state index contributed by atoms with van der Waals surface area (Å²) in [5, 5.41) is 4.12. The van der Waals surface area contributed by atoms with Crippen LogP contribution in [-0.4, -0.2) is 9.78 Å². The summed E-state index contributed by atoms with van der Waals surface area (Å²) in [5.74, 6) is 5.31. The van der Waals surface area contributed by atoms with Crippen LogP contribution in [0.15, 0.2) is 34.9 Å². The molecule has 6 heteroatoms. The lowest BCUT2D eigenvalue weighted by atomic mass is 10.0. The summed E-state index contributed by atoms with van der Waals surface area (Å²) in [6.45, 7) is 0. The fourth-order valence-electron chi connectivity index (χ4n) is 2.06. The van der Waals surface area contributed by atoms with Gasteiger partial charge < -0.3 is 0 Å². The zero-order valence-corrected chi connectivity index (χ0v) is 12.2. The maximum Gasteiger partial charge on any atom is 0.137 e. The van der Waals surface area contributed by atoms with E-state index < -0.39 is 0 Å². The van der Waals surface area contributed by atoms with Gasteiger partial charge in [0.15, 0.2) is 0 Å². The lowest BCUT2D eigenvalue weighted by Gasteiger charge is -2.18. The molecule has 0 saturated heterocycles. The summed E-state index contributed by atoms with van der Waals surface area (Å²) < 4.78 is 15.8. The second-order valence-corrected chi connectivity index (χ2v) is 5.14. The molecule has 2 rings (SSSR count). The Hall–Kier alpha value is -1.24. The molecule has 1 heterocycles. The maximum absolute atomic E-state index is 13.5. The quantitative estimate of drug-likeness (QED) is 0.655. The van der Waals surface area contributed by atoms with Gasteiger partial charge in [0, 0.05) is 25.0 Å². The van der Waals surface area contributed by atoms with Gasteiger partial charge in [-0.1, -0.05) is 12.1 Å². The van der Waals surface area contributed by atoms with E-state index in [1.54, 1.807) is 12.3 Å². The van der Waals surface area contributed by atoms with Crippen LogP contribution < -0.4 is 11.3 Å². The van der Waals surface area contributed by atoms with Gasteiger partial charge in [-0.25, -0.2) is 4.39 Å². The Labute approximate surface area is 119 Å². The number of aryl methyl sites for hydroxylation is 2. The van der Waals surface area contributed by atoms with Crippen molar-refractivity contribution in [1.29, 1.82) is 0 Å². The van der Waals surface area contributed by atoms with Gasteiger partial charge in [0.25, 0.3) is 0 Å². The summed E-state index contributed by atoms with van der Waals surface area (Å²) in [4.78, 5) is 0. The normalized spacial score (nSPS) is 12.6. The first-order valence-electron chi connectivity index (χ1n) is 6.00. The van der Waals surface area contributed by atoms with Gasteiger partial charge in [-0.15, -0.1) is 0 Å². The Balaban J connectivity index is 2.12. The van der Waals surface area contributed by atoms with Crippen LogP contribution in [0.4, 0.5) is 4.39 Å². The van der Waals surface area contributed by atoms with Gasteiger partial charge in [0.2, 0.25) is 0 Å². The fraction of sp³-hybridized carbons (Fsp3) is 0.308. The number of hydrogen-bond donors (Lipinski definition) is 2. The van der Waals surface area contributed by atoms with Crippen molar-refractivity contribution in [1.82, 2.24) is 15.2 Å². The number of hydrogen-bond acceptors (Lipinski definition) is 3. The molecule has 102 valence electrons. The molecule has 0 spiro atoms. The number of aromatic nitrogens is 2. The van der Waals surface area contributed by atoms with E-state index in [9.17, 15) is 4.39 Å². The van der Waals surface area contributed by atoms with Crippen LogP contribution >= 0.6 is 15.9 Å². The molecule has 19 heavy (non-hydrogen) atoms. The highest BCUT2D eigenvalue weighted by Gasteiger charge is 2.15. The van der Waals surface area contributed by atoms with Crippen molar-refractivity contribution in [2.75, 3.05) is 0 Å². The summed E-state index contributed by atoms with van der Waals surface area (Å²) in [6.07, 6.45) is 3.34. The lowest BCUT2D eigenvalue weighted by molar-refractivity contribution is 0.500. The standard InChI is InChI=1S/C13H16BrFN4/c1-19-9(7-8-17-19)5-6-12(18-16)10-3-2-4-11(15)13(10)14/h2-4,7-8,12,18H,5-6,16H2,1H3. The van der Waals surface area contributed by atoms with Gasteiger partial charge in [0.1, 0.15) is 5.82 Å². The molecular formula is C13H16BrFN4. The number of nitrogens with zero attached hydrogens (tertiary/aromatic N) is 2. The molecule has 1 unspecified atom stereocenters. The number of nitrogens with two attached hydrogens (primary N) is 1. The fourth-order valence-corrected chi connectivity index (χ4v) is 2.60. The third-order valence-electron chi connectivity index (χ3n) is 3.17. The average Bonchev–Trinajstić information content (AvgIpc) is 2.80. The predicted octanol–water partition coefficient (Wildman–Crippen LogP) is 2.46. The minimum Gasteiger partial charge on any atom is -0.273 e. The number of nitrogens with one attached hydrogen (secondary N) is 1. The molecule has 0 aliphatic carbocycles. The van der Waals surface area contributed by atoms with E-state index >= 15 is 0 Å². The number of hydrazine groups is 1. The van der Waals surface area contributed by atoms with Crippen LogP contribution in [0, 0.1) is 5.82 Å². The molecule has 0 bridgehead atoms. The number of rotatable bonds is 5. The van der Waals surface area contributed by atoms with Crippen molar-refractivity contribution < 1.29 is 4.39 Å². The predicted molar refractivity (Wildman–Crippen MR) is 75.7 cm³/mol. The summed E-state index contributed by atoms with van der Waals surface area (Å²) >= 11 is 3.27. The highest BCUT2D eigenvalue weighted by Crippen LogP contribution is 2.28. The van der Waals surface area contributed by atoms with Gasteiger partial charge in [-0.2, -0.15) is 5.10 Å². The summed E-state index contributed by atoms with van der Waals surface area (Å²) in [5.41, 5.74) is 4.68. The van der Waals surface area contributed by atoms with E-state index in [1.165, 1.54) is 6.07 Å². The minimum absolute atomic E-state index is 0.111. The third kappa shape index (κ3) is 3.20. The molecule has 3 N–H and O–H groups in total. The van der Waals surface area contributed by atoms with Gasteiger partial charge in [-0.05, 0) is 46.5 Å². The molecule has 0 fully saturated rings. The SMILES string of the molecule is Cn1nccc1CCC(NN)c1cccc(F)c1Br. The maximum atomic E-state index is 13.5. The zero-order valence-electron chi connectivity index (χ0n) is 10.6. The van der Waals surface area contributed by atoms with Crippen LogP contribution in [0.25, 0.3) is 0 Å². The van der Waals surface area contributed by atoms with Crippen LogP contribution in [0.2, 0.25) is 0 Å². The third-order valence-corrected chi connectivity index (χ3v) is 4.01. The molecule has 0 aliphatic rings. The summed E-state index contributed by atoms with van der Waals surface area (Å²) in [6, 6.07) is 6.82. The average molecular weight is 327 g/mol. The number of benzene rings is 1. The van der Waals surface area contributed by atoms with Crippen LogP contribution in [0.5, 0.6) is 0 Å². The van der Waals surface area contributed by atoms with Crippen LogP contribution in [-0.2, 0) is 13.5 Å². The van der Waals surface area contributed by atoms with E-state index in [-0.39, 0.29) is 11.9 Å². The van der Waals surface area contributed by atoms with Gasteiger partial charge in [0.05, 0.1) is 4.47 Å². The highest BCUT2D eigenvalue weighted by molar-refractivity contribution is 9.10. The molecule has 0 saturated carbocycles. The van der Waals surface area contributed by atoms with Crippen molar-refractivity contribution in [3.63, 3.8) is 0 Å². The smallest absolute Gasteiger partial charge is 0.137 e. The monoisotopic (exact) mass is 326 g/mol. The molecule has 0 amide bonds. The first-order chi connectivity index (χ1) is 9.13. The Morgan fingerprint density at radius 3 is 2.89 bits per heavy atom. The largest absolute Gasteiger partial charge is 0.273 e. The van der Waals surface area contributed by atoms with E-state index in [2.05, 4.69) is 26.5 Å². The Morgan fingerprint density at radius 2 is 2.26 bits per heavy atom. The zero-order chi connectivity index (χ0) is 13.8. The van der Waals surface area contributed by atoms with E-state index in [1.807, 2.05) is 23.9 Å². The lowest BCUT2D eigenvalue weighted by Crippen LogP contribution is -2.29. The molecule has 4 nitrogen and oxygen atoms in total. The molecule has 1 atom stereocenters. The van der Waals surface area contributed by atoms with Crippen LogP contribution in [0.1, 0.15) is 23.7 Å². The van der Waals surface area contributed by atoms with E-state index in [0.29, 0.717) is 4.47 Å². The van der Waals surface area contributed by atoms with Gasteiger partial charge in [-0.3, -0.25) is 16.0 Å². The first kappa shape index (κ1) is 14.2. The van der Waals surface area contributed by atoms with Crippen molar-refractivity contribution in [2.24, 2.45) is 12.9 Å². The van der Waals surface area contributed by atoms with Crippen molar-refractivity contribution in [2.45, 2.75) is 18.9 Å². The van der Waals surface area contributed by atoms with Crippen molar-refractivity contribution in [3.8, 4) is 0 Å². The minimum atomic E-state index is -0.279. The Kier molecular flexibility index (Phi) is 4.68. The number of halogens is 2. The Morgan fingerprint density at radius 1 is 1.47 bits per heavy atom. The second kappa shape index (κ2) is 6.27. The van der Waals surface area contributed by atoms with Gasteiger partial charge >= 0.3 is 0 Å². The molecular weight excluding hydrogens is 311 g/mol. The van der Waals surface area contributed by atoms with Crippen LogP contribution in [0.3, 0.4) is 0 Å².